The summed E-state index contributed by atoms with van der Waals surface area (Å²) in [6.07, 6.45) is -4.66. The number of hydrogen-bond acceptors (Lipinski definition) is 2. The van der Waals surface area contributed by atoms with Crippen LogP contribution in [0.15, 0.2) is 54.6 Å². The molecular weight excluding hydrogens is 369 g/mol. The van der Waals surface area contributed by atoms with Crippen LogP contribution in [0.5, 0.6) is 5.75 Å². The number of phenols is 1. The van der Waals surface area contributed by atoms with Crippen molar-refractivity contribution in [2.24, 2.45) is 0 Å². The SMILES string of the molecule is O=C(Nc1ccc(Cl)cc1C(F)(F)F)Nc1cccc2cc(O)ccc12. The highest BCUT2D eigenvalue weighted by Crippen LogP contribution is 2.36. The molecule has 3 aromatic rings. The van der Waals surface area contributed by atoms with Gasteiger partial charge in [0, 0.05) is 10.4 Å². The van der Waals surface area contributed by atoms with E-state index in [9.17, 15) is 23.1 Å². The van der Waals surface area contributed by atoms with E-state index in [4.69, 9.17) is 11.6 Å². The summed E-state index contributed by atoms with van der Waals surface area (Å²) in [7, 11) is 0. The Bertz CT molecular complexity index is 990. The zero-order valence-electron chi connectivity index (χ0n) is 13.1. The first-order valence-corrected chi connectivity index (χ1v) is 7.78. The van der Waals surface area contributed by atoms with Crippen LogP contribution in [-0.4, -0.2) is 11.1 Å². The van der Waals surface area contributed by atoms with Gasteiger partial charge in [0.15, 0.2) is 0 Å². The first kappa shape index (κ1) is 17.9. The molecule has 0 aliphatic rings. The quantitative estimate of drug-likeness (QED) is 0.521. The molecule has 26 heavy (non-hydrogen) atoms. The topological polar surface area (TPSA) is 61.4 Å². The number of rotatable bonds is 2. The fourth-order valence-corrected chi connectivity index (χ4v) is 2.69. The molecular formula is C18H12ClF3N2O2. The molecule has 0 bridgehead atoms. The zero-order valence-corrected chi connectivity index (χ0v) is 13.8. The molecule has 3 rings (SSSR count). The van der Waals surface area contributed by atoms with Crippen molar-refractivity contribution >= 4 is 39.8 Å². The molecule has 0 aliphatic carbocycles. The summed E-state index contributed by atoms with van der Waals surface area (Å²) < 4.78 is 39.3. The van der Waals surface area contributed by atoms with Crippen LogP contribution in [-0.2, 0) is 6.18 Å². The number of nitrogens with one attached hydrogen (secondary N) is 2. The minimum Gasteiger partial charge on any atom is -0.508 e. The second kappa shape index (κ2) is 6.76. The number of hydrogen-bond donors (Lipinski definition) is 3. The summed E-state index contributed by atoms with van der Waals surface area (Å²) in [5, 5.41) is 15.4. The fraction of sp³-hybridized carbons (Fsp3) is 0.0556. The Kier molecular flexibility index (Phi) is 4.65. The molecule has 0 fully saturated rings. The first-order valence-electron chi connectivity index (χ1n) is 7.40. The Morgan fingerprint density at radius 2 is 1.69 bits per heavy atom. The van der Waals surface area contributed by atoms with Crippen LogP contribution in [0.25, 0.3) is 10.8 Å². The predicted octanol–water partition coefficient (Wildman–Crippen LogP) is 5.86. The Balaban J connectivity index is 1.87. The van der Waals surface area contributed by atoms with Gasteiger partial charge < -0.3 is 15.7 Å². The van der Waals surface area contributed by atoms with Gasteiger partial charge in [0.2, 0.25) is 0 Å². The molecule has 0 saturated carbocycles. The van der Waals surface area contributed by atoms with Gasteiger partial charge in [0.1, 0.15) is 5.75 Å². The van der Waals surface area contributed by atoms with Gasteiger partial charge in [-0.05, 0) is 47.9 Å². The van der Waals surface area contributed by atoms with E-state index >= 15 is 0 Å². The Morgan fingerprint density at radius 3 is 2.42 bits per heavy atom. The molecule has 3 N–H and O–H groups in total. The predicted molar refractivity (Wildman–Crippen MR) is 94.7 cm³/mol. The number of carbonyl (C=O) groups is 1. The van der Waals surface area contributed by atoms with Crippen LogP contribution in [0.2, 0.25) is 5.02 Å². The summed E-state index contributed by atoms with van der Waals surface area (Å²) in [5.74, 6) is 0.0649. The highest BCUT2D eigenvalue weighted by atomic mass is 35.5. The normalized spacial score (nSPS) is 11.4. The summed E-state index contributed by atoms with van der Waals surface area (Å²) in [6, 6.07) is 11.8. The first-order chi connectivity index (χ1) is 12.2. The molecule has 0 atom stereocenters. The van der Waals surface area contributed by atoms with Gasteiger partial charge in [-0.1, -0.05) is 23.7 Å². The number of halogens is 4. The number of fused-ring (bicyclic) bond motifs is 1. The number of alkyl halides is 3. The summed E-state index contributed by atoms with van der Waals surface area (Å²) in [4.78, 5) is 12.2. The standard InChI is InChI=1S/C18H12ClF3N2O2/c19-11-4-7-16(14(9-11)18(20,21)22)24-17(26)23-15-3-1-2-10-8-12(25)5-6-13(10)15/h1-9,25H,(H2,23,24,26). The van der Waals surface area contributed by atoms with Crippen molar-refractivity contribution in [3.8, 4) is 5.75 Å². The molecule has 8 heteroatoms. The molecule has 0 radical (unpaired) electrons. The number of carbonyl (C=O) groups excluding carboxylic acids is 1. The van der Waals surface area contributed by atoms with E-state index in [1.807, 2.05) is 0 Å². The average Bonchev–Trinajstić information content (AvgIpc) is 2.55. The van der Waals surface area contributed by atoms with Gasteiger partial charge in [0.25, 0.3) is 0 Å². The summed E-state index contributed by atoms with van der Waals surface area (Å²) >= 11 is 5.62. The Morgan fingerprint density at radius 1 is 0.962 bits per heavy atom. The maximum absolute atomic E-state index is 13.1. The molecule has 4 nitrogen and oxygen atoms in total. The molecule has 0 aliphatic heterocycles. The van der Waals surface area contributed by atoms with Crippen LogP contribution >= 0.6 is 11.6 Å². The van der Waals surface area contributed by atoms with Crippen LogP contribution < -0.4 is 10.6 Å². The molecule has 0 saturated heterocycles. The van der Waals surface area contributed by atoms with Crippen LogP contribution in [0.1, 0.15) is 5.56 Å². The van der Waals surface area contributed by atoms with Crippen molar-refractivity contribution in [1.82, 2.24) is 0 Å². The smallest absolute Gasteiger partial charge is 0.418 e. The van der Waals surface area contributed by atoms with E-state index in [1.165, 1.54) is 18.2 Å². The lowest BCUT2D eigenvalue weighted by Gasteiger charge is -2.15. The van der Waals surface area contributed by atoms with Gasteiger partial charge >= 0.3 is 12.2 Å². The third-order valence-electron chi connectivity index (χ3n) is 3.65. The number of urea groups is 1. The number of anilines is 2. The maximum Gasteiger partial charge on any atom is 0.418 e. The van der Waals surface area contributed by atoms with Gasteiger partial charge in [-0.2, -0.15) is 13.2 Å². The van der Waals surface area contributed by atoms with Crippen molar-refractivity contribution in [1.29, 1.82) is 0 Å². The van der Waals surface area contributed by atoms with Gasteiger partial charge in [0.05, 0.1) is 16.9 Å². The monoisotopic (exact) mass is 380 g/mol. The van der Waals surface area contributed by atoms with Gasteiger partial charge in [-0.3, -0.25) is 0 Å². The number of benzene rings is 3. The zero-order chi connectivity index (χ0) is 18.9. The molecule has 2 amide bonds. The fourth-order valence-electron chi connectivity index (χ4n) is 2.52. The van der Waals surface area contributed by atoms with E-state index < -0.39 is 23.5 Å². The molecule has 0 heterocycles. The van der Waals surface area contributed by atoms with E-state index in [0.717, 1.165) is 12.1 Å². The van der Waals surface area contributed by atoms with E-state index in [2.05, 4.69) is 10.6 Å². The lowest BCUT2D eigenvalue weighted by molar-refractivity contribution is -0.136. The minimum atomic E-state index is -4.66. The molecule has 0 spiro atoms. The Hall–Kier alpha value is -2.93. The van der Waals surface area contributed by atoms with Crippen LogP contribution in [0.3, 0.4) is 0 Å². The van der Waals surface area contributed by atoms with Crippen LogP contribution in [0, 0.1) is 0 Å². The average molecular weight is 381 g/mol. The third kappa shape index (κ3) is 3.83. The van der Waals surface area contributed by atoms with Crippen molar-refractivity contribution in [3.05, 3.63) is 65.2 Å². The molecule has 0 unspecified atom stereocenters. The highest BCUT2D eigenvalue weighted by molar-refractivity contribution is 6.30. The second-order valence-corrected chi connectivity index (χ2v) is 5.91. The number of amides is 2. The largest absolute Gasteiger partial charge is 0.508 e. The lowest BCUT2D eigenvalue weighted by Crippen LogP contribution is -2.22. The molecule has 3 aromatic carbocycles. The van der Waals surface area contributed by atoms with Crippen LogP contribution in [0.4, 0.5) is 29.3 Å². The highest BCUT2D eigenvalue weighted by Gasteiger charge is 2.34. The van der Waals surface area contributed by atoms with E-state index in [1.54, 1.807) is 24.3 Å². The number of phenolic OH excluding ortho intramolecular Hbond substituents is 1. The van der Waals surface area contributed by atoms with Gasteiger partial charge in [-0.25, -0.2) is 4.79 Å². The summed E-state index contributed by atoms with van der Waals surface area (Å²) in [5.41, 5.74) is -1.05. The van der Waals surface area contributed by atoms with Crippen molar-refractivity contribution < 1.29 is 23.1 Å². The minimum absolute atomic E-state index is 0.0649. The number of aromatic hydroxyl groups is 1. The lowest BCUT2D eigenvalue weighted by atomic mass is 10.1. The van der Waals surface area contributed by atoms with Crippen molar-refractivity contribution in [2.75, 3.05) is 10.6 Å². The maximum atomic E-state index is 13.1. The van der Waals surface area contributed by atoms with Gasteiger partial charge in [-0.15, -0.1) is 0 Å². The van der Waals surface area contributed by atoms with E-state index in [0.29, 0.717) is 16.5 Å². The van der Waals surface area contributed by atoms with E-state index in [-0.39, 0.29) is 10.8 Å². The molecule has 134 valence electrons. The van der Waals surface area contributed by atoms with Crippen molar-refractivity contribution in [2.45, 2.75) is 6.18 Å². The molecule has 0 aromatic heterocycles. The second-order valence-electron chi connectivity index (χ2n) is 5.48. The summed E-state index contributed by atoms with van der Waals surface area (Å²) in [6.45, 7) is 0. The Labute approximate surface area is 151 Å². The third-order valence-corrected chi connectivity index (χ3v) is 3.88. The van der Waals surface area contributed by atoms with Crippen molar-refractivity contribution in [3.63, 3.8) is 0 Å².